The lowest BCUT2D eigenvalue weighted by Crippen LogP contribution is -2.52. The summed E-state index contributed by atoms with van der Waals surface area (Å²) in [6.45, 7) is 10.5. The van der Waals surface area contributed by atoms with E-state index in [2.05, 4.69) is 13.8 Å². The highest BCUT2D eigenvalue weighted by atomic mass is 15.3. The lowest BCUT2D eigenvalue weighted by atomic mass is 10.1. The van der Waals surface area contributed by atoms with Gasteiger partial charge in [0.2, 0.25) is 0 Å². The molecule has 1 heterocycles. The predicted octanol–water partition coefficient (Wildman–Crippen LogP) is 3.98. The fraction of sp³-hybridized carbons (Fsp3) is 1.00. The molecular formula is C14H30N+. The van der Waals surface area contributed by atoms with Crippen molar-refractivity contribution in [2.75, 3.05) is 26.2 Å². The molecule has 15 heavy (non-hydrogen) atoms. The molecule has 1 saturated heterocycles. The maximum atomic E-state index is 2.35. The van der Waals surface area contributed by atoms with Gasteiger partial charge in [0.25, 0.3) is 0 Å². The third-order valence-electron chi connectivity index (χ3n) is 3.95. The lowest BCUT2D eigenvalue weighted by molar-refractivity contribution is -0.932. The summed E-state index contributed by atoms with van der Waals surface area (Å²) < 4.78 is 1.46. The van der Waals surface area contributed by atoms with Gasteiger partial charge in [-0.05, 0) is 38.5 Å². The molecule has 0 saturated carbocycles. The van der Waals surface area contributed by atoms with Crippen LogP contribution < -0.4 is 0 Å². The maximum Gasteiger partial charge on any atom is 0.0786 e. The zero-order valence-corrected chi connectivity index (χ0v) is 10.9. The zero-order valence-electron chi connectivity index (χ0n) is 10.9. The second kappa shape index (κ2) is 7.27. The van der Waals surface area contributed by atoms with Crippen molar-refractivity contribution in [1.82, 2.24) is 0 Å². The fourth-order valence-corrected chi connectivity index (χ4v) is 3.09. The smallest absolute Gasteiger partial charge is 0.0786 e. The summed E-state index contributed by atoms with van der Waals surface area (Å²) in [6.07, 6.45) is 11.5. The van der Waals surface area contributed by atoms with Crippen LogP contribution in [0.15, 0.2) is 0 Å². The van der Waals surface area contributed by atoms with Crippen LogP contribution in [0.4, 0.5) is 0 Å². The Morgan fingerprint density at radius 1 is 0.733 bits per heavy atom. The lowest BCUT2D eigenvalue weighted by Gasteiger charge is -2.41. The van der Waals surface area contributed by atoms with Gasteiger partial charge in [-0.3, -0.25) is 0 Å². The van der Waals surface area contributed by atoms with Gasteiger partial charge in [-0.1, -0.05) is 26.7 Å². The van der Waals surface area contributed by atoms with Crippen LogP contribution in [0, 0.1) is 0 Å². The second-order valence-corrected chi connectivity index (χ2v) is 5.36. The topological polar surface area (TPSA) is 0 Å². The summed E-state index contributed by atoms with van der Waals surface area (Å²) in [5.41, 5.74) is 0. The molecule has 0 aliphatic carbocycles. The largest absolute Gasteiger partial charge is 0.324 e. The van der Waals surface area contributed by atoms with Gasteiger partial charge in [0.15, 0.2) is 0 Å². The van der Waals surface area contributed by atoms with Crippen molar-refractivity contribution >= 4 is 0 Å². The molecule has 0 aromatic heterocycles. The normalized spacial score (nSPS) is 20.4. The Morgan fingerprint density at radius 3 is 2.07 bits per heavy atom. The van der Waals surface area contributed by atoms with Crippen molar-refractivity contribution < 1.29 is 4.48 Å². The molecule has 0 radical (unpaired) electrons. The van der Waals surface area contributed by atoms with E-state index in [9.17, 15) is 0 Å². The molecule has 0 N–H and O–H groups in total. The predicted molar refractivity (Wildman–Crippen MR) is 68.0 cm³/mol. The molecule has 1 aliphatic rings. The Labute approximate surface area is 96.4 Å². The number of likely N-dealkylation sites (tertiary alicyclic amines) is 1. The number of unbranched alkanes of at least 4 members (excludes halogenated alkanes) is 3. The molecule has 1 aliphatic heterocycles. The standard InChI is InChI=1S/C14H30N/c1-3-5-6-8-12-15(11-4-2)13-9-7-10-14-15/h3-14H2,1-2H3/q+1. The van der Waals surface area contributed by atoms with E-state index in [0.717, 1.165) is 0 Å². The van der Waals surface area contributed by atoms with Crippen LogP contribution >= 0.6 is 0 Å². The van der Waals surface area contributed by atoms with Gasteiger partial charge < -0.3 is 4.48 Å². The van der Waals surface area contributed by atoms with Gasteiger partial charge in [0, 0.05) is 0 Å². The summed E-state index contributed by atoms with van der Waals surface area (Å²) in [7, 11) is 0. The summed E-state index contributed by atoms with van der Waals surface area (Å²) in [5.74, 6) is 0. The van der Waals surface area contributed by atoms with Gasteiger partial charge in [-0.15, -0.1) is 0 Å². The molecule has 0 amide bonds. The minimum Gasteiger partial charge on any atom is -0.324 e. The Hall–Kier alpha value is -0.0400. The molecule has 1 rings (SSSR count). The van der Waals surface area contributed by atoms with Crippen LogP contribution in [0.2, 0.25) is 0 Å². The average Bonchev–Trinajstić information content (AvgIpc) is 2.26. The summed E-state index contributed by atoms with van der Waals surface area (Å²) >= 11 is 0. The first-order chi connectivity index (χ1) is 7.33. The number of quaternary nitrogens is 1. The zero-order chi connectivity index (χ0) is 11.0. The number of nitrogens with zero attached hydrogens (tertiary/aromatic N) is 1. The highest BCUT2D eigenvalue weighted by Crippen LogP contribution is 2.21. The molecule has 0 aromatic rings. The van der Waals surface area contributed by atoms with E-state index in [1.165, 1.54) is 82.0 Å². The van der Waals surface area contributed by atoms with Gasteiger partial charge >= 0.3 is 0 Å². The van der Waals surface area contributed by atoms with Crippen LogP contribution in [-0.2, 0) is 0 Å². The van der Waals surface area contributed by atoms with Crippen LogP contribution in [0.25, 0.3) is 0 Å². The molecule has 1 fully saturated rings. The second-order valence-electron chi connectivity index (χ2n) is 5.36. The van der Waals surface area contributed by atoms with E-state index >= 15 is 0 Å². The van der Waals surface area contributed by atoms with E-state index in [1.807, 2.05) is 0 Å². The first kappa shape index (κ1) is 13.0. The highest BCUT2D eigenvalue weighted by Gasteiger charge is 2.27. The third kappa shape index (κ3) is 4.55. The summed E-state index contributed by atoms with van der Waals surface area (Å²) in [6, 6.07) is 0. The van der Waals surface area contributed by atoms with E-state index in [-0.39, 0.29) is 0 Å². The SMILES string of the molecule is CCCCCC[N+]1(CCC)CCCCC1. The minimum atomic E-state index is 1.37. The monoisotopic (exact) mass is 212 g/mol. The van der Waals surface area contributed by atoms with Crippen molar-refractivity contribution in [3.05, 3.63) is 0 Å². The molecule has 0 aromatic carbocycles. The van der Waals surface area contributed by atoms with Gasteiger partial charge in [-0.25, -0.2) is 0 Å². The van der Waals surface area contributed by atoms with Crippen LogP contribution in [0.3, 0.4) is 0 Å². The molecule has 1 heteroatoms. The van der Waals surface area contributed by atoms with Crippen molar-refractivity contribution in [2.24, 2.45) is 0 Å². The quantitative estimate of drug-likeness (QED) is 0.442. The van der Waals surface area contributed by atoms with Crippen molar-refractivity contribution in [3.63, 3.8) is 0 Å². The Balaban J connectivity index is 2.28. The highest BCUT2D eigenvalue weighted by molar-refractivity contribution is 4.55. The van der Waals surface area contributed by atoms with E-state index < -0.39 is 0 Å². The van der Waals surface area contributed by atoms with Crippen molar-refractivity contribution in [2.45, 2.75) is 65.2 Å². The van der Waals surface area contributed by atoms with Crippen LogP contribution in [0.5, 0.6) is 0 Å². The molecule has 0 bridgehead atoms. The van der Waals surface area contributed by atoms with Gasteiger partial charge in [0.05, 0.1) is 26.2 Å². The van der Waals surface area contributed by atoms with Crippen LogP contribution in [-0.4, -0.2) is 30.7 Å². The number of hydrogen-bond donors (Lipinski definition) is 0. The number of piperidine rings is 1. The Kier molecular flexibility index (Phi) is 6.31. The first-order valence-corrected chi connectivity index (χ1v) is 7.18. The Morgan fingerprint density at radius 2 is 1.47 bits per heavy atom. The van der Waals surface area contributed by atoms with E-state index in [0.29, 0.717) is 0 Å². The fourth-order valence-electron chi connectivity index (χ4n) is 3.09. The van der Waals surface area contributed by atoms with Crippen molar-refractivity contribution in [3.8, 4) is 0 Å². The molecule has 90 valence electrons. The number of rotatable bonds is 7. The molecule has 0 unspecified atom stereocenters. The van der Waals surface area contributed by atoms with E-state index in [1.54, 1.807) is 0 Å². The molecular weight excluding hydrogens is 182 g/mol. The Bertz CT molecular complexity index is 142. The minimum absolute atomic E-state index is 1.37. The number of hydrogen-bond acceptors (Lipinski definition) is 0. The van der Waals surface area contributed by atoms with Crippen LogP contribution in [0.1, 0.15) is 65.2 Å². The van der Waals surface area contributed by atoms with E-state index in [4.69, 9.17) is 0 Å². The average molecular weight is 212 g/mol. The summed E-state index contributed by atoms with van der Waals surface area (Å²) in [5, 5.41) is 0. The van der Waals surface area contributed by atoms with Crippen molar-refractivity contribution in [1.29, 1.82) is 0 Å². The summed E-state index contributed by atoms with van der Waals surface area (Å²) in [4.78, 5) is 0. The maximum absolute atomic E-state index is 2.35. The van der Waals surface area contributed by atoms with Gasteiger partial charge in [-0.2, -0.15) is 0 Å². The van der Waals surface area contributed by atoms with Gasteiger partial charge in [0.1, 0.15) is 0 Å². The molecule has 1 nitrogen and oxygen atoms in total. The molecule has 0 atom stereocenters. The first-order valence-electron chi connectivity index (χ1n) is 7.18. The third-order valence-corrected chi connectivity index (χ3v) is 3.95. The molecule has 0 spiro atoms.